The maximum absolute atomic E-state index is 14.1. The molecule has 0 fully saturated rings. The van der Waals surface area contributed by atoms with Gasteiger partial charge in [0, 0.05) is 17.8 Å². The molecule has 2 aromatic rings. The van der Waals surface area contributed by atoms with Gasteiger partial charge in [0.05, 0.1) is 11.2 Å². The number of hydrogen-bond donors (Lipinski definition) is 2. The standard InChI is InChI=1S/C14H16F2N4/c1-7(2)20-8(3)19-14-10(15)4-9(5-12(14)20)13(18)11(16)6-17/h4-7,18H,17H2,1-3H3/b11-6+,18-13?. The molecule has 0 atom stereocenters. The number of fused-ring (bicyclic) bond motifs is 1. The van der Waals surface area contributed by atoms with Gasteiger partial charge >= 0.3 is 0 Å². The Labute approximate surface area is 115 Å². The summed E-state index contributed by atoms with van der Waals surface area (Å²) < 4.78 is 29.3. The molecule has 0 aliphatic carbocycles. The first kappa shape index (κ1) is 14.2. The van der Waals surface area contributed by atoms with Gasteiger partial charge in [-0.2, -0.15) is 0 Å². The van der Waals surface area contributed by atoms with Crippen LogP contribution in [0, 0.1) is 18.2 Å². The Morgan fingerprint density at radius 1 is 1.45 bits per heavy atom. The number of imidazole rings is 1. The summed E-state index contributed by atoms with van der Waals surface area (Å²) in [6, 6.07) is 2.74. The first-order valence-electron chi connectivity index (χ1n) is 6.21. The van der Waals surface area contributed by atoms with Crippen molar-refractivity contribution in [2.45, 2.75) is 26.8 Å². The zero-order valence-electron chi connectivity index (χ0n) is 11.5. The lowest BCUT2D eigenvalue weighted by Gasteiger charge is -2.11. The maximum atomic E-state index is 14.1. The minimum Gasteiger partial charge on any atom is -0.402 e. The maximum Gasteiger partial charge on any atom is 0.164 e. The van der Waals surface area contributed by atoms with Crippen molar-refractivity contribution in [1.82, 2.24) is 9.55 Å². The van der Waals surface area contributed by atoms with E-state index in [4.69, 9.17) is 11.1 Å². The summed E-state index contributed by atoms with van der Waals surface area (Å²) in [5.74, 6) is -0.793. The number of aryl methyl sites for hydroxylation is 1. The normalized spacial score (nSPS) is 12.4. The van der Waals surface area contributed by atoms with Crippen LogP contribution in [0.1, 0.15) is 31.3 Å². The predicted molar refractivity (Wildman–Crippen MR) is 75.0 cm³/mol. The largest absolute Gasteiger partial charge is 0.402 e. The van der Waals surface area contributed by atoms with Gasteiger partial charge in [0.2, 0.25) is 0 Å². The molecule has 106 valence electrons. The summed E-state index contributed by atoms with van der Waals surface area (Å²) in [5.41, 5.74) is 5.52. The number of rotatable bonds is 3. The Balaban J connectivity index is 2.73. The second kappa shape index (κ2) is 5.03. The fraction of sp³-hybridized carbons (Fsp3) is 0.286. The molecule has 0 aliphatic rings. The van der Waals surface area contributed by atoms with Crippen LogP contribution < -0.4 is 5.73 Å². The SMILES string of the molecule is Cc1nc2c(F)cc(C(=N)/C(F)=C\N)cc2n1C(C)C. The van der Waals surface area contributed by atoms with Gasteiger partial charge in [-0.25, -0.2) is 13.8 Å². The molecule has 1 aromatic carbocycles. The van der Waals surface area contributed by atoms with Crippen molar-refractivity contribution >= 4 is 16.7 Å². The molecule has 0 spiro atoms. The van der Waals surface area contributed by atoms with E-state index < -0.39 is 17.4 Å². The number of benzene rings is 1. The van der Waals surface area contributed by atoms with E-state index >= 15 is 0 Å². The number of hydrogen-bond acceptors (Lipinski definition) is 3. The van der Waals surface area contributed by atoms with E-state index in [1.54, 1.807) is 13.0 Å². The second-order valence-corrected chi connectivity index (χ2v) is 4.84. The minimum absolute atomic E-state index is 0.0822. The van der Waals surface area contributed by atoms with Crippen molar-refractivity contribution in [3.05, 3.63) is 41.4 Å². The molecule has 1 aromatic heterocycles. The molecule has 1 heterocycles. The molecule has 0 radical (unpaired) electrons. The third-order valence-corrected chi connectivity index (χ3v) is 3.12. The third kappa shape index (κ3) is 2.17. The fourth-order valence-corrected chi connectivity index (χ4v) is 2.29. The lowest BCUT2D eigenvalue weighted by Crippen LogP contribution is -2.05. The van der Waals surface area contributed by atoms with Gasteiger partial charge in [-0.05, 0) is 32.9 Å². The van der Waals surface area contributed by atoms with Gasteiger partial charge in [0.15, 0.2) is 11.6 Å². The number of nitrogens with two attached hydrogens (primary N) is 1. The lowest BCUT2D eigenvalue weighted by molar-refractivity contribution is 0.600. The van der Waals surface area contributed by atoms with Crippen LogP contribution in [-0.2, 0) is 0 Å². The van der Waals surface area contributed by atoms with Crippen LogP contribution in [0.5, 0.6) is 0 Å². The minimum atomic E-state index is -0.893. The molecule has 0 unspecified atom stereocenters. The van der Waals surface area contributed by atoms with Crippen molar-refractivity contribution in [1.29, 1.82) is 5.41 Å². The molecule has 0 saturated carbocycles. The molecule has 0 aliphatic heterocycles. The number of halogens is 2. The van der Waals surface area contributed by atoms with Gasteiger partial charge in [-0.3, -0.25) is 5.41 Å². The highest BCUT2D eigenvalue weighted by atomic mass is 19.1. The van der Waals surface area contributed by atoms with E-state index in [-0.39, 0.29) is 17.1 Å². The lowest BCUT2D eigenvalue weighted by atomic mass is 10.1. The molecule has 0 bridgehead atoms. The number of nitrogens with zero attached hydrogens (tertiary/aromatic N) is 2. The number of aromatic nitrogens is 2. The first-order chi connectivity index (χ1) is 9.36. The van der Waals surface area contributed by atoms with Crippen LogP contribution in [-0.4, -0.2) is 15.3 Å². The zero-order chi connectivity index (χ0) is 15.0. The van der Waals surface area contributed by atoms with Crippen molar-refractivity contribution < 1.29 is 8.78 Å². The van der Waals surface area contributed by atoms with E-state index in [9.17, 15) is 8.78 Å². The summed E-state index contributed by atoms with van der Waals surface area (Å²) >= 11 is 0. The monoisotopic (exact) mass is 278 g/mol. The zero-order valence-corrected chi connectivity index (χ0v) is 11.5. The molecule has 0 saturated heterocycles. The summed E-state index contributed by atoms with van der Waals surface area (Å²) in [4.78, 5) is 4.18. The topological polar surface area (TPSA) is 67.7 Å². The van der Waals surface area contributed by atoms with Crippen LogP contribution >= 0.6 is 0 Å². The van der Waals surface area contributed by atoms with E-state index in [0.29, 0.717) is 17.5 Å². The Kier molecular flexibility index (Phi) is 3.57. The van der Waals surface area contributed by atoms with E-state index in [1.165, 1.54) is 0 Å². The summed E-state index contributed by atoms with van der Waals surface area (Å²) in [6.45, 7) is 5.68. The Hall–Kier alpha value is -2.24. The van der Waals surface area contributed by atoms with Crippen LogP contribution in [0.25, 0.3) is 11.0 Å². The molecular weight excluding hydrogens is 262 g/mol. The summed E-state index contributed by atoms with van der Waals surface area (Å²) in [7, 11) is 0. The fourth-order valence-electron chi connectivity index (χ4n) is 2.29. The molecule has 0 amide bonds. The molecular formula is C14H16F2N4. The van der Waals surface area contributed by atoms with E-state index in [0.717, 1.165) is 6.07 Å². The van der Waals surface area contributed by atoms with Crippen molar-refractivity contribution in [3.63, 3.8) is 0 Å². The Morgan fingerprint density at radius 3 is 2.65 bits per heavy atom. The second-order valence-electron chi connectivity index (χ2n) is 4.84. The first-order valence-corrected chi connectivity index (χ1v) is 6.21. The van der Waals surface area contributed by atoms with Crippen LogP contribution in [0.4, 0.5) is 8.78 Å². The molecule has 20 heavy (non-hydrogen) atoms. The molecule has 2 rings (SSSR count). The number of allylic oxidation sites excluding steroid dienone is 1. The Bertz CT molecular complexity index is 714. The van der Waals surface area contributed by atoms with Gasteiger partial charge in [-0.15, -0.1) is 0 Å². The number of nitrogens with one attached hydrogen (secondary N) is 1. The van der Waals surface area contributed by atoms with Crippen molar-refractivity contribution in [2.24, 2.45) is 5.73 Å². The van der Waals surface area contributed by atoms with Crippen molar-refractivity contribution in [2.75, 3.05) is 0 Å². The smallest absolute Gasteiger partial charge is 0.164 e. The molecule has 4 nitrogen and oxygen atoms in total. The van der Waals surface area contributed by atoms with Crippen molar-refractivity contribution in [3.8, 4) is 0 Å². The quantitative estimate of drug-likeness (QED) is 0.846. The third-order valence-electron chi connectivity index (χ3n) is 3.12. The molecule has 3 N–H and O–H groups in total. The van der Waals surface area contributed by atoms with Crippen LogP contribution in [0.2, 0.25) is 0 Å². The predicted octanol–water partition coefficient (Wildman–Crippen LogP) is 3.20. The average molecular weight is 278 g/mol. The van der Waals surface area contributed by atoms with Gasteiger partial charge in [0.25, 0.3) is 0 Å². The van der Waals surface area contributed by atoms with Gasteiger partial charge < -0.3 is 10.3 Å². The van der Waals surface area contributed by atoms with E-state index in [1.807, 2.05) is 18.4 Å². The van der Waals surface area contributed by atoms with E-state index in [2.05, 4.69) is 4.98 Å². The van der Waals surface area contributed by atoms with Crippen LogP contribution in [0.15, 0.2) is 24.2 Å². The summed E-state index contributed by atoms with van der Waals surface area (Å²) in [5, 5.41) is 7.67. The Morgan fingerprint density at radius 2 is 2.10 bits per heavy atom. The molecule has 6 heteroatoms. The highest BCUT2D eigenvalue weighted by molar-refractivity contribution is 6.10. The summed E-state index contributed by atoms with van der Waals surface area (Å²) in [6.07, 6.45) is 0.690. The highest BCUT2D eigenvalue weighted by Gasteiger charge is 2.17. The highest BCUT2D eigenvalue weighted by Crippen LogP contribution is 2.25. The van der Waals surface area contributed by atoms with Gasteiger partial charge in [0.1, 0.15) is 11.3 Å². The average Bonchev–Trinajstić information content (AvgIpc) is 2.73. The van der Waals surface area contributed by atoms with Gasteiger partial charge in [-0.1, -0.05) is 0 Å². The van der Waals surface area contributed by atoms with Crippen LogP contribution in [0.3, 0.4) is 0 Å².